The van der Waals surface area contributed by atoms with Crippen LogP contribution in [0.2, 0.25) is 0 Å². The summed E-state index contributed by atoms with van der Waals surface area (Å²) in [6.07, 6.45) is 0. The van der Waals surface area contributed by atoms with Gasteiger partial charge in [0, 0.05) is 19.6 Å². The summed E-state index contributed by atoms with van der Waals surface area (Å²) in [7, 11) is -2.16. The highest BCUT2D eigenvalue weighted by atomic mass is 32.3. The van der Waals surface area contributed by atoms with E-state index < -0.39 is 28.3 Å². The molecule has 4 aromatic carbocycles. The zero-order chi connectivity index (χ0) is 23.6. The van der Waals surface area contributed by atoms with Crippen LogP contribution in [-0.2, 0) is 9.31 Å². The van der Waals surface area contributed by atoms with Crippen molar-refractivity contribution < 1.29 is 9.31 Å². The fourth-order valence-electron chi connectivity index (χ4n) is 5.21. The second kappa shape index (κ2) is 7.61. The van der Waals surface area contributed by atoms with Crippen LogP contribution in [0.25, 0.3) is 11.1 Å². The lowest BCUT2D eigenvalue weighted by molar-refractivity contribution is 0.00578. The fourth-order valence-corrected chi connectivity index (χ4v) is 9.62. The third kappa shape index (κ3) is 2.92. The molecule has 0 radical (unpaired) electrons. The van der Waals surface area contributed by atoms with Crippen molar-refractivity contribution in [3.63, 3.8) is 0 Å². The average molecular weight is 464 g/mol. The van der Waals surface area contributed by atoms with Gasteiger partial charge in [-0.25, -0.2) is 0 Å². The smallest absolute Gasteiger partial charge is 0.399 e. The molecule has 0 aliphatic carbocycles. The third-order valence-electron chi connectivity index (χ3n) is 7.56. The molecule has 0 saturated carbocycles. The van der Waals surface area contributed by atoms with Crippen molar-refractivity contribution in [1.82, 2.24) is 0 Å². The summed E-state index contributed by atoms with van der Waals surface area (Å²) >= 11 is 0. The molecule has 2 aliphatic rings. The number of hydrogen-bond acceptors (Lipinski definition) is 2. The van der Waals surface area contributed by atoms with Gasteiger partial charge in [0.15, 0.2) is 0 Å². The van der Waals surface area contributed by atoms with Gasteiger partial charge in [-0.2, -0.15) is 0 Å². The molecule has 0 amide bonds. The maximum absolute atomic E-state index is 6.63. The predicted molar refractivity (Wildman–Crippen MR) is 141 cm³/mol. The van der Waals surface area contributed by atoms with E-state index in [4.69, 9.17) is 9.31 Å². The molecule has 6 rings (SSSR count). The Bertz CT molecular complexity index is 1310. The molecule has 0 bridgehead atoms. The molecule has 2 aliphatic heterocycles. The molecule has 0 unspecified atom stereocenters. The first-order valence-electron chi connectivity index (χ1n) is 11.9. The number of benzene rings is 4. The fraction of sp³-hybridized carbons (Fsp3) is 0.200. The summed E-state index contributed by atoms with van der Waals surface area (Å²) in [5.74, 6) is 0. The molecule has 34 heavy (non-hydrogen) atoms. The van der Waals surface area contributed by atoms with Crippen LogP contribution >= 0.6 is 10.0 Å². The van der Waals surface area contributed by atoms with E-state index in [2.05, 4.69) is 131 Å². The quantitative estimate of drug-likeness (QED) is 0.261. The SMILES string of the molecule is CC1(C)OB(c2cccc3c2S(c2ccccc2)(c2ccccc2)c2ccccc2-3)OC1(C)C. The van der Waals surface area contributed by atoms with Crippen molar-refractivity contribution in [2.75, 3.05) is 0 Å². The molecular weight excluding hydrogens is 435 g/mol. The summed E-state index contributed by atoms with van der Waals surface area (Å²) in [5, 5.41) is 0. The Morgan fingerprint density at radius 3 is 1.65 bits per heavy atom. The van der Waals surface area contributed by atoms with Gasteiger partial charge in [-0.1, -0.05) is 72.8 Å². The topological polar surface area (TPSA) is 18.5 Å². The van der Waals surface area contributed by atoms with E-state index in [0.29, 0.717) is 0 Å². The van der Waals surface area contributed by atoms with Crippen LogP contribution in [0.4, 0.5) is 0 Å². The minimum absolute atomic E-state index is 0.399. The first kappa shape index (κ1) is 21.7. The maximum Gasteiger partial charge on any atom is 0.495 e. The van der Waals surface area contributed by atoms with Crippen LogP contribution < -0.4 is 5.46 Å². The van der Waals surface area contributed by atoms with Crippen molar-refractivity contribution in [3.05, 3.63) is 103 Å². The zero-order valence-electron chi connectivity index (χ0n) is 20.1. The lowest BCUT2D eigenvalue weighted by atomic mass is 9.78. The Morgan fingerprint density at radius 1 is 0.559 bits per heavy atom. The van der Waals surface area contributed by atoms with Crippen LogP contribution in [0.1, 0.15) is 27.7 Å². The highest BCUT2D eigenvalue weighted by Crippen LogP contribution is 2.79. The van der Waals surface area contributed by atoms with Gasteiger partial charge in [-0.15, -0.1) is 10.0 Å². The first-order chi connectivity index (χ1) is 16.4. The van der Waals surface area contributed by atoms with Gasteiger partial charge in [0.05, 0.1) is 11.2 Å². The molecule has 2 nitrogen and oxygen atoms in total. The lowest BCUT2D eigenvalue weighted by Crippen LogP contribution is -2.41. The van der Waals surface area contributed by atoms with E-state index in [0.717, 1.165) is 5.46 Å². The van der Waals surface area contributed by atoms with Crippen molar-refractivity contribution in [1.29, 1.82) is 0 Å². The van der Waals surface area contributed by atoms with Crippen LogP contribution in [0.15, 0.2) is 123 Å². The standard InChI is InChI=1S/C30H29BO2S/c1-29(2)30(3,4)33-31(32-29)26-20-13-19-25-24-18-11-12-21-27(24)34(28(25)26,22-14-7-5-8-15-22)23-16-9-6-10-17-23/h5-21H,1-4H3. The Balaban J connectivity index is 1.72. The minimum Gasteiger partial charge on any atom is -0.399 e. The van der Waals surface area contributed by atoms with Crippen LogP contribution in [0, 0.1) is 0 Å². The summed E-state index contributed by atoms with van der Waals surface area (Å²) in [4.78, 5) is 5.38. The largest absolute Gasteiger partial charge is 0.495 e. The van der Waals surface area contributed by atoms with Gasteiger partial charge in [-0.3, -0.25) is 0 Å². The maximum atomic E-state index is 6.63. The minimum atomic E-state index is -1.74. The zero-order valence-corrected chi connectivity index (χ0v) is 20.9. The van der Waals surface area contributed by atoms with Gasteiger partial charge in [-0.05, 0) is 74.6 Å². The summed E-state index contributed by atoms with van der Waals surface area (Å²) in [5.41, 5.74) is 2.92. The monoisotopic (exact) mass is 464 g/mol. The molecule has 4 aromatic rings. The molecule has 0 N–H and O–H groups in total. The first-order valence-corrected chi connectivity index (χ1v) is 13.5. The number of fused-ring (bicyclic) bond motifs is 3. The van der Waals surface area contributed by atoms with E-state index in [1.54, 1.807) is 0 Å². The Hall–Kier alpha value is -2.79. The molecule has 1 saturated heterocycles. The third-order valence-corrected chi connectivity index (χ3v) is 11.6. The van der Waals surface area contributed by atoms with Crippen LogP contribution in [-0.4, -0.2) is 18.3 Å². The van der Waals surface area contributed by atoms with Crippen LogP contribution in [0.3, 0.4) is 0 Å². The summed E-state index contributed by atoms with van der Waals surface area (Å²) < 4.78 is 13.3. The van der Waals surface area contributed by atoms with E-state index >= 15 is 0 Å². The van der Waals surface area contributed by atoms with E-state index in [1.807, 2.05) is 0 Å². The van der Waals surface area contributed by atoms with Gasteiger partial charge >= 0.3 is 7.12 Å². The van der Waals surface area contributed by atoms with Crippen LogP contribution in [0.5, 0.6) is 0 Å². The van der Waals surface area contributed by atoms with Crippen molar-refractivity contribution in [3.8, 4) is 11.1 Å². The highest BCUT2D eigenvalue weighted by Gasteiger charge is 2.54. The Labute approximate surface area is 204 Å². The van der Waals surface area contributed by atoms with E-state index in [9.17, 15) is 0 Å². The second-order valence-electron chi connectivity index (χ2n) is 10.0. The molecule has 0 atom stereocenters. The molecule has 1 fully saturated rings. The molecule has 0 spiro atoms. The number of rotatable bonds is 3. The van der Waals surface area contributed by atoms with Crippen molar-refractivity contribution in [2.45, 2.75) is 58.5 Å². The molecule has 170 valence electrons. The average Bonchev–Trinajstić information content (AvgIpc) is 3.27. The molecule has 0 aromatic heterocycles. The lowest BCUT2D eigenvalue weighted by Gasteiger charge is -2.40. The van der Waals surface area contributed by atoms with E-state index in [1.165, 1.54) is 30.7 Å². The summed E-state index contributed by atoms with van der Waals surface area (Å²) in [6.45, 7) is 8.50. The predicted octanol–water partition coefficient (Wildman–Crippen LogP) is 7.31. The molecule has 2 heterocycles. The second-order valence-corrected chi connectivity index (χ2v) is 13.1. The van der Waals surface area contributed by atoms with Gasteiger partial charge in [0.2, 0.25) is 0 Å². The highest BCUT2D eigenvalue weighted by molar-refractivity contribution is 8.34. The van der Waals surface area contributed by atoms with Crippen molar-refractivity contribution in [2.24, 2.45) is 0 Å². The van der Waals surface area contributed by atoms with E-state index in [-0.39, 0.29) is 0 Å². The number of hydrogen-bond donors (Lipinski definition) is 0. The van der Waals surface area contributed by atoms with Gasteiger partial charge in [0.25, 0.3) is 0 Å². The van der Waals surface area contributed by atoms with Gasteiger partial charge < -0.3 is 9.31 Å². The molecule has 4 heteroatoms. The van der Waals surface area contributed by atoms with Crippen molar-refractivity contribution >= 4 is 22.6 Å². The summed E-state index contributed by atoms with van der Waals surface area (Å²) in [6, 6.07) is 37.5. The Morgan fingerprint density at radius 2 is 1.06 bits per heavy atom. The van der Waals surface area contributed by atoms with Gasteiger partial charge in [0.1, 0.15) is 0 Å². The Kier molecular flexibility index (Phi) is 4.86. The normalized spacial score (nSPS) is 19.9. The molecular formula is C30H29BO2S.